The van der Waals surface area contributed by atoms with E-state index in [1.165, 1.54) is 31.4 Å². The third kappa shape index (κ3) is 2.11. The smallest absolute Gasteiger partial charge is 0.343 e. The van der Waals surface area contributed by atoms with Crippen molar-refractivity contribution in [2.75, 3.05) is 7.11 Å². The summed E-state index contributed by atoms with van der Waals surface area (Å²) in [6, 6.07) is 5.12. The lowest BCUT2D eigenvalue weighted by Crippen LogP contribution is -2.25. The highest BCUT2D eigenvalue weighted by Gasteiger charge is 2.75. The third-order valence-electron chi connectivity index (χ3n) is 4.77. The number of carbonyl (C=O) groups excluding carboxylic acids is 2. The van der Waals surface area contributed by atoms with Crippen molar-refractivity contribution < 1.29 is 24.0 Å². The predicted molar refractivity (Wildman–Crippen MR) is 78.4 cm³/mol. The number of hydrogen-bond acceptors (Lipinski definition) is 6. The van der Waals surface area contributed by atoms with Crippen LogP contribution in [0.15, 0.2) is 36.1 Å². The minimum Gasteiger partial charge on any atom is -0.468 e. The summed E-state index contributed by atoms with van der Waals surface area (Å²) in [6.07, 6.45) is 2.97. The average molecular weight is 317 g/mol. The van der Waals surface area contributed by atoms with Crippen molar-refractivity contribution in [1.82, 2.24) is 0 Å². The monoisotopic (exact) mass is 317 g/mol. The van der Waals surface area contributed by atoms with Crippen molar-refractivity contribution in [3.8, 4) is 0 Å². The minimum atomic E-state index is -0.877. The first kappa shape index (κ1) is 15.2. The number of nitro groups is 1. The van der Waals surface area contributed by atoms with E-state index in [-0.39, 0.29) is 16.7 Å². The molecular weight excluding hydrogens is 302 g/mol. The van der Waals surface area contributed by atoms with Gasteiger partial charge in [-0.3, -0.25) is 14.9 Å². The number of nitro benzene ring substituents is 1. The summed E-state index contributed by atoms with van der Waals surface area (Å²) in [6.45, 7) is 1.95. The second-order valence-electron chi connectivity index (χ2n) is 6.10. The summed E-state index contributed by atoms with van der Waals surface area (Å²) in [5.74, 6) is -0.735. The van der Waals surface area contributed by atoms with Gasteiger partial charge in [0.25, 0.3) is 5.69 Å². The quantitative estimate of drug-likeness (QED) is 0.481. The number of allylic oxidation sites excluding steroid dienone is 1. The summed E-state index contributed by atoms with van der Waals surface area (Å²) >= 11 is 0. The van der Waals surface area contributed by atoms with E-state index in [0.29, 0.717) is 18.6 Å². The van der Waals surface area contributed by atoms with Crippen molar-refractivity contribution in [3.63, 3.8) is 0 Å². The Hall–Kier alpha value is -2.70. The van der Waals surface area contributed by atoms with Crippen molar-refractivity contribution in [2.45, 2.75) is 19.8 Å². The van der Waals surface area contributed by atoms with Crippen LogP contribution in [0.25, 0.3) is 0 Å². The molecule has 0 bridgehead atoms. The normalized spacial score (nSPS) is 27.7. The van der Waals surface area contributed by atoms with Gasteiger partial charge < -0.3 is 9.47 Å². The zero-order valence-corrected chi connectivity index (χ0v) is 12.7. The van der Waals surface area contributed by atoms with Crippen LogP contribution in [0.3, 0.4) is 0 Å². The number of non-ortho nitro benzene ring substituents is 1. The van der Waals surface area contributed by atoms with Gasteiger partial charge in [0, 0.05) is 12.1 Å². The molecule has 0 amide bonds. The molecule has 0 N–H and O–H groups in total. The molecule has 2 aliphatic rings. The van der Waals surface area contributed by atoms with Crippen molar-refractivity contribution >= 4 is 17.6 Å². The van der Waals surface area contributed by atoms with Gasteiger partial charge in [0.1, 0.15) is 11.2 Å². The van der Waals surface area contributed by atoms with Gasteiger partial charge in [-0.05, 0) is 36.5 Å². The summed E-state index contributed by atoms with van der Waals surface area (Å²) in [4.78, 5) is 34.4. The van der Waals surface area contributed by atoms with Crippen LogP contribution >= 0.6 is 0 Å². The first-order chi connectivity index (χ1) is 10.8. The molecule has 0 radical (unpaired) electrons. The van der Waals surface area contributed by atoms with E-state index < -0.39 is 22.3 Å². The number of ether oxygens (including phenoxy) is 2. The summed E-state index contributed by atoms with van der Waals surface area (Å²) < 4.78 is 10.3. The van der Waals surface area contributed by atoms with E-state index in [4.69, 9.17) is 9.47 Å². The van der Waals surface area contributed by atoms with Gasteiger partial charge in [0.05, 0.1) is 17.6 Å². The van der Waals surface area contributed by atoms with Crippen molar-refractivity contribution in [1.29, 1.82) is 0 Å². The van der Waals surface area contributed by atoms with Crippen LogP contribution in [0.4, 0.5) is 5.69 Å². The van der Waals surface area contributed by atoms with Crippen LogP contribution in [-0.4, -0.2) is 24.0 Å². The molecule has 7 nitrogen and oxygen atoms in total. The lowest BCUT2D eigenvalue weighted by molar-refractivity contribution is -0.384. The molecule has 23 heavy (non-hydrogen) atoms. The van der Waals surface area contributed by atoms with Crippen molar-refractivity contribution in [2.24, 2.45) is 10.8 Å². The maximum Gasteiger partial charge on any atom is 0.343 e. The Bertz CT molecular complexity index is 737. The zero-order valence-electron chi connectivity index (χ0n) is 12.7. The van der Waals surface area contributed by atoms with Gasteiger partial charge in [-0.15, -0.1) is 0 Å². The summed E-state index contributed by atoms with van der Waals surface area (Å²) in [5, 5.41) is 10.6. The molecule has 120 valence electrons. The number of fused-ring (bicyclic) bond motifs is 1. The fourth-order valence-electron chi connectivity index (χ4n) is 3.26. The van der Waals surface area contributed by atoms with E-state index in [9.17, 15) is 19.7 Å². The Balaban J connectivity index is 1.78. The van der Waals surface area contributed by atoms with Gasteiger partial charge in [-0.2, -0.15) is 0 Å². The summed E-state index contributed by atoms with van der Waals surface area (Å²) in [7, 11) is 1.31. The third-order valence-corrected chi connectivity index (χ3v) is 4.77. The number of benzene rings is 1. The fraction of sp³-hybridized carbons (Fsp3) is 0.375. The molecular formula is C16H15NO6. The Labute approximate surface area is 132 Å². The first-order valence-electron chi connectivity index (χ1n) is 7.10. The molecule has 2 aliphatic carbocycles. The predicted octanol–water partition coefficient (Wildman–Crippen LogP) is 2.61. The molecule has 0 unspecified atom stereocenters. The second kappa shape index (κ2) is 4.91. The van der Waals surface area contributed by atoms with E-state index in [2.05, 4.69) is 0 Å². The standard InChI is InChI=1S/C16H15NO6/c1-15-8-7-12(16(15,9-15)14(19)22-2)23-13(18)10-3-5-11(6-4-10)17(20)21/h3-7H,8-9H2,1-2H3/t15-,16-/m1/s1. The Morgan fingerprint density at radius 2 is 1.91 bits per heavy atom. The molecule has 2 atom stereocenters. The van der Waals surface area contributed by atoms with E-state index in [0.717, 1.165) is 0 Å². The lowest BCUT2D eigenvalue weighted by Gasteiger charge is -2.17. The fourth-order valence-corrected chi connectivity index (χ4v) is 3.26. The number of nitrogens with zero attached hydrogens (tertiary/aromatic N) is 1. The van der Waals surface area contributed by atoms with Crippen LogP contribution < -0.4 is 0 Å². The highest BCUT2D eigenvalue weighted by molar-refractivity contribution is 5.93. The molecule has 0 saturated heterocycles. The first-order valence-corrected chi connectivity index (χ1v) is 7.10. The average Bonchev–Trinajstić information content (AvgIpc) is 3.08. The topological polar surface area (TPSA) is 95.7 Å². The zero-order chi connectivity index (χ0) is 16.8. The van der Waals surface area contributed by atoms with Gasteiger partial charge in [0.2, 0.25) is 0 Å². The highest BCUT2D eigenvalue weighted by atomic mass is 16.6. The number of carbonyl (C=O) groups is 2. The molecule has 3 rings (SSSR count). The number of hydrogen-bond donors (Lipinski definition) is 0. The van der Waals surface area contributed by atoms with Crippen LogP contribution in [0.5, 0.6) is 0 Å². The number of esters is 2. The van der Waals surface area contributed by atoms with Gasteiger partial charge in [0.15, 0.2) is 0 Å². The molecule has 7 heteroatoms. The minimum absolute atomic E-state index is 0.109. The molecule has 0 spiro atoms. The maximum atomic E-state index is 12.2. The molecule has 1 aromatic carbocycles. The lowest BCUT2D eigenvalue weighted by atomic mass is 9.97. The molecule has 1 fully saturated rings. The molecule has 0 aromatic heterocycles. The van der Waals surface area contributed by atoms with Gasteiger partial charge in [-0.25, -0.2) is 4.79 Å². The van der Waals surface area contributed by atoms with Crippen LogP contribution in [0, 0.1) is 20.9 Å². The Morgan fingerprint density at radius 3 is 2.43 bits per heavy atom. The van der Waals surface area contributed by atoms with Crippen LogP contribution in [0.1, 0.15) is 30.1 Å². The van der Waals surface area contributed by atoms with Crippen LogP contribution in [-0.2, 0) is 14.3 Å². The van der Waals surface area contributed by atoms with Gasteiger partial charge in [-0.1, -0.05) is 6.92 Å². The van der Waals surface area contributed by atoms with E-state index in [1.807, 2.05) is 6.92 Å². The summed E-state index contributed by atoms with van der Waals surface area (Å²) in [5.41, 5.74) is -1.06. The largest absolute Gasteiger partial charge is 0.468 e. The molecule has 0 aliphatic heterocycles. The number of methoxy groups -OCH3 is 1. The van der Waals surface area contributed by atoms with Gasteiger partial charge >= 0.3 is 11.9 Å². The highest BCUT2D eigenvalue weighted by Crippen LogP contribution is 2.74. The Morgan fingerprint density at radius 1 is 1.26 bits per heavy atom. The van der Waals surface area contributed by atoms with E-state index in [1.54, 1.807) is 6.08 Å². The number of rotatable bonds is 4. The SMILES string of the molecule is COC(=O)[C@]12C[C@@]1(C)CC=C2OC(=O)c1ccc([N+](=O)[O-])cc1. The molecule has 1 saturated carbocycles. The molecule has 1 aromatic rings. The Kier molecular flexibility index (Phi) is 3.24. The maximum absolute atomic E-state index is 12.2. The van der Waals surface area contributed by atoms with Crippen molar-refractivity contribution in [3.05, 3.63) is 51.8 Å². The van der Waals surface area contributed by atoms with E-state index >= 15 is 0 Å². The van der Waals surface area contributed by atoms with Crippen LogP contribution in [0.2, 0.25) is 0 Å². The molecule has 0 heterocycles. The second-order valence-corrected chi connectivity index (χ2v) is 6.10.